The van der Waals surface area contributed by atoms with Crippen LogP contribution in [-0.2, 0) is 11.3 Å². The summed E-state index contributed by atoms with van der Waals surface area (Å²) in [4.78, 5) is 17.9. The number of rotatable bonds is 4. The summed E-state index contributed by atoms with van der Waals surface area (Å²) in [5, 5.41) is 15.5. The van der Waals surface area contributed by atoms with E-state index in [0.29, 0.717) is 11.0 Å². The van der Waals surface area contributed by atoms with E-state index in [1.165, 1.54) is 16.1 Å². The SMILES string of the molecule is Cc1ccc2nc(NC(=O)Cn3nnc(-c4ccccc4)n3)sc2c1. The fourth-order valence-electron chi connectivity index (χ4n) is 2.39. The fraction of sp³-hybridized carbons (Fsp3) is 0.118. The van der Waals surface area contributed by atoms with Crippen LogP contribution in [0.4, 0.5) is 5.13 Å². The number of carbonyl (C=O) groups is 1. The highest BCUT2D eigenvalue weighted by molar-refractivity contribution is 7.22. The van der Waals surface area contributed by atoms with Crippen molar-refractivity contribution in [3.63, 3.8) is 0 Å². The molecule has 0 aliphatic heterocycles. The molecule has 0 unspecified atom stereocenters. The number of amides is 1. The maximum atomic E-state index is 12.2. The summed E-state index contributed by atoms with van der Waals surface area (Å²) >= 11 is 1.44. The Hall–Kier alpha value is -3.13. The second-order valence-electron chi connectivity index (χ2n) is 5.55. The fourth-order valence-corrected chi connectivity index (χ4v) is 3.37. The van der Waals surface area contributed by atoms with E-state index in [1.54, 1.807) is 0 Å². The number of fused-ring (bicyclic) bond motifs is 1. The molecule has 0 aliphatic rings. The standard InChI is InChI=1S/C17H14N6OS/c1-11-7-8-13-14(9-11)25-17(18-13)19-15(24)10-23-21-16(20-22-23)12-5-3-2-4-6-12/h2-9H,10H2,1H3,(H,18,19,24). The summed E-state index contributed by atoms with van der Waals surface area (Å²) in [5.74, 6) is 0.247. The van der Waals surface area contributed by atoms with Crippen molar-refractivity contribution in [1.82, 2.24) is 25.2 Å². The zero-order valence-corrected chi connectivity index (χ0v) is 14.2. The lowest BCUT2D eigenvalue weighted by Gasteiger charge is -1.99. The van der Waals surface area contributed by atoms with Crippen LogP contribution in [0.15, 0.2) is 48.5 Å². The van der Waals surface area contributed by atoms with Gasteiger partial charge in [0.1, 0.15) is 6.54 Å². The van der Waals surface area contributed by atoms with Gasteiger partial charge in [0.25, 0.3) is 0 Å². The van der Waals surface area contributed by atoms with Gasteiger partial charge in [-0.3, -0.25) is 4.79 Å². The number of aromatic nitrogens is 5. The average Bonchev–Trinajstić information content (AvgIpc) is 3.21. The molecular weight excluding hydrogens is 336 g/mol. The molecule has 0 spiro atoms. The molecule has 8 heteroatoms. The van der Waals surface area contributed by atoms with E-state index >= 15 is 0 Å². The van der Waals surface area contributed by atoms with Gasteiger partial charge in [-0.15, -0.1) is 10.2 Å². The minimum Gasteiger partial charge on any atom is -0.300 e. The van der Waals surface area contributed by atoms with Crippen LogP contribution in [0.5, 0.6) is 0 Å². The number of carbonyl (C=O) groups excluding carboxylic acids is 1. The molecule has 25 heavy (non-hydrogen) atoms. The van der Waals surface area contributed by atoms with E-state index in [-0.39, 0.29) is 12.5 Å². The number of hydrogen-bond donors (Lipinski definition) is 1. The zero-order valence-electron chi connectivity index (χ0n) is 13.4. The van der Waals surface area contributed by atoms with Crippen LogP contribution in [0.2, 0.25) is 0 Å². The third-order valence-corrected chi connectivity index (χ3v) is 4.49. The first-order valence-electron chi connectivity index (χ1n) is 7.68. The molecule has 0 aliphatic carbocycles. The Labute approximate surface area is 147 Å². The van der Waals surface area contributed by atoms with Crippen LogP contribution >= 0.6 is 11.3 Å². The number of hydrogen-bond acceptors (Lipinski definition) is 6. The number of tetrazole rings is 1. The summed E-state index contributed by atoms with van der Waals surface area (Å²) in [5.41, 5.74) is 2.89. The van der Waals surface area contributed by atoms with Gasteiger partial charge in [-0.1, -0.05) is 47.7 Å². The summed E-state index contributed by atoms with van der Waals surface area (Å²) in [6, 6.07) is 15.5. The van der Waals surface area contributed by atoms with Crippen LogP contribution in [-0.4, -0.2) is 31.1 Å². The van der Waals surface area contributed by atoms with Crippen molar-refractivity contribution in [3.8, 4) is 11.4 Å². The molecule has 7 nitrogen and oxygen atoms in total. The molecule has 1 N–H and O–H groups in total. The zero-order chi connectivity index (χ0) is 17.2. The summed E-state index contributed by atoms with van der Waals surface area (Å²) in [6.45, 7) is 2.01. The van der Waals surface area contributed by atoms with Crippen LogP contribution < -0.4 is 5.32 Å². The summed E-state index contributed by atoms with van der Waals surface area (Å²) < 4.78 is 1.04. The molecule has 2 heterocycles. The smallest absolute Gasteiger partial charge is 0.249 e. The Morgan fingerprint density at radius 1 is 1.20 bits per heavy atom. The van der Waals surface area contributed by atoms with E-state index in [0.717, 1.165) is 21.3 Å². The van der Waals surface area contributed by atoms with Crippen molar-refractivity contribution in [2.45, 2.75) is 13.5 Å². The molecule has 0 bridgehead atoms. The summed E-state index contributed by atoms with van der Waals surface area (Å²) in [7, 11) is 0. The van der Waals surface area contributed by atoms with Crippen molar-refractivity contribution in [2.75, 3.05) is 5.32 Å². The van der Waals surface area contributed by atoms with Crippen molar-refractivity contribution in [2.24, 2.45) is 0 Å². The van der Waals surface area contributed by atoms with Crippen molar-refractivity contribution < 1.29 is 4.79 Å². The van der Waals surface area contributed by atoms with Crippen LogP contribution in [0.25, 0.3) is 21.6 Å². The molecule has 0 saturated heterocycles. The van der Waals surface area contributed by atoms with Gasteiger partial charge in [-0.25, -0.2) is 4.98 Å². The molecule has 0 saturated carbocycles. The van der Waals surface area contributed by atoms with Gasteiger partial charge < -0.3 is 5.32 Å². The number of thiazole rings is 1. The normalized spacial score (nSPS) is 10.9. The monoisotopic (exact) mass is 350 g/mol. The quantitative estimate of drug-likeness (QED) is 0.612. The second kappa shape index (κ2) is 6.40. The van der Waals surface area contributed by atoms with E-state index in [4.69, 9.17) is 0 Å². The molecule has 0 radical (unpaired) electrons. The third kappa shape index (κ3) is 3.38. The highest BCUT2D eigenvalue weighted by Crippen LogP contribution is 2.26. The molecule has 2 aromatic carbocycles. The molecule has 124 valence electrons. The van der Waals surface area contributed by atoms with E-state index in [9.17, 15) is 4.79 Å². The molecule has 1 amide bonds. The highest BCUT2D eigenvalue weighted by Gasteiger charge is 2.11. The Morgan fingerprint density at radius 2 is 2.04 bits per heavy atom. The molecule has 0 atom stereocenters. The maximum Gasteiger partial charge on any atom is 0.249 e. The van der Waals surface area contributed by atoms with E-state index < -0.39 is 0 Å². The van der Waals surface area contributed by atoms with Gasteiger partial charge in [0.05, 0.1) is 10.2 Å². The van der Waals surface area contributed by atoms with Crippen molar-refractivity contribution in [3.05, 3.63) is 54.1 Å². The maximum absolute atomic E-state index is 12.2. The van der Waals surface area contributed by atoms with Gasteiger partial charge in [-0.2, -0.15) is 4.80 Å². The molecular formula is C17H14N6OS. The lowest BCUT2D eigenvalue weighted by atomic mass is 10.2. The van der Waals surface area contributed by atoms with Gasteiger partial charge in [0.15, 0.2) is 5.13 Å². The van der Waals surface area contributed by atoms with Gasteiger partial charge in [0.2, 0.25) is 11.7 Å². The minimum absolute atomic E-state index is 0.0191. The average molecular weight is 350 g/mol. The topological polar surface area (TPSA) is 85.6 Å². The largest absolute Gasteiger partial charge is 0.300 e. The highest BCUT2D eigenvalue weighted by atomic mass is 32.1. The van der Waals surface area contributed by atoms with Crippen LogP contribution in [0.3, 0.4) is 0 Å². The van der Waals surface area contributed by atoms with Crippen LogP contribution in [0.1, 0.15) is 5.56 Å². The van der Waals surface area contributed by atoms with Gasteiger partial charge >= 0.3 is 0 Å². The number of benzene rings is 2. The lowest BCUT2D eigenvalue weighted by molar-refractivity contribution is -0.117. The van der Waals surface area contributed by atoms with Crippen molar-refractivity contribution in [1.29, 1.82) is 0 Å². The lowest BCUT2D eigenvalue weighted by Crippen LogP contribution is -2.20. The molecule has 4 aromatic rings. The van der Waals surface area contributed by atoms with Gasteiger partial charge in [0, 0.05) is 5.56 Å². The number of anilines is 1. The third-order valence-electron chi connectivity index (χ3n) is 3.56. The molecule has 2 aromatic heterocycles. The number of aryl methyl sites for hydroxylation is 1. The van der Waals surface area contributed by atoms with E-state index in [2.05, 4.69) is 25.7 Å². The van der Waals surface area contributed by atoms with Gasteiger partial charge in [-0.05, 0) is 29.8 Å². The Balaban J connectivity index is 1.46. The molecule has 4 rings (SSSR count). The minimum atomic E-state index is -0.243. The first kappa shape index (κ1) is 15.4. The van der Waals surface area contributed by atoms with Crippen molar-refractivity contribution >= 4 is 32.6 Å². The molecule has 0 fully saturated rings. The Kier molecular flexibility index (Phi) is 3.95. The predicted octanol–water partition coefficient (Wildman–Crippen LogP) is 2.90. The van der Waals surface area contributed by atoms with Crippen LogP contribution in [0, 0.1) is 6.92 Å². The summed E-state index contributed by atoms with van der Waals surface area (Å²) in [6.07, 6.45) is 0. The second-order valence-corrected chi connectivity index (χ2v) is 6.58. The number of nitrogens with zero attached hydrogens (tertiary/aromatic N) is 5. The first-order valence-corrected chi connectivity index (χ1v) is 8.49. The first-order chi connectivity index (χ1) is 12.2. The predicted molar refractivity (Wildman–Crippen MR) is 96.2 cm³/mol. The Bertz CT molecular complexity index is 1040. The number of nitrogens with one attached hydrogen (secondary N) is 1. The van der Waals surface area contributed by atoms with E-state index in [1.807, 2.05) is 55.5 Å². The Morgan fingerprint density at radius 3 is 2.88 bits per heavy atom.